The van der Waals surface area contributed by atoms with Gasteiger partial charge >= 0.3 is 0 Å². The smallest absolute Gasteiger partial charge is 0.295 e. The van der Waals surface area contributed by atoms with Crippen molar-refractivity contribution >= 4 is 85.6 Å². The summed E-state index contributed by atoms with van der Waals surface area (Å²) in [6.07, 6.45) is 0.136. The molecule has 2 radical (unpaired) electrons. The molecule has 1 rings (SSSR count). The molecule has 0 aliphatic carbocycles. The first-order valence-corrected chi connectivity index (χ1v) is 6.58. The Hall–Kier alpha value is 0.670. The van der Waals surface area contributed by atoms with Crippen molar-refractivity contribution in [1.82, 2.24) is 0 Å². The second kappa shape index (κ2) is 8.85. The van der Waals surface area contributed by atoms with E-state index in [9.17, 15) is 21.6 Å². The quantitative estimate of drug-likeness (QED) is 0.384. The normalized spacial score (nSPS) is 10.4. The van der Waals surface area contributed by atoms with Crippen LogP contribution in [-0.4, -0.2) is 96.8 Å². The largest absolute Gasteiger partial charge is 0.412 e. The third-order valence-electron chi connectivity index (χ3n) is 1.69. The summed E-state index contributed by atoms with van der Waals surface area (Å²) in [6.45, 7) is 0. The Bertz CT molecular complexity index is 637. The molecule has 19 heavy (non-hydrogen) atoms. The van der Waals surface area contributed by atoms with Gasteiger partial charge in [-0.15, -0.1) is 0 Å². The van der Waals surface area contributed by atoms with E-state index in [0.717, 1.165) is 12.1 Å². The summed E-state index contributed by atoms with van der Waals surface area (Å²) in [5.74, 6) is 0. The number of rotatable bonds is 3. The van der Waals surface area contributed by atoms with Crippen LogP contribution in [0.4, 0.5) is 0 Å². The number of hydrogen-bond acceptors (Lipinski definition) is 5. The van der Waals surface area contributed by atoms with Crippen LogP contribution in [0.2, 0.25) is 0 Å². The molecule has 0 amide bonds. The maximum absolute atomic E-state index is 10.8. The molecule has 0 spiro atoms. The fourth-order valence-corrected chi connectivity index (χ4v) is 2.27. The minimum absolute atomic E-state index is 0. The third kappa shape index (κ3) is 6.78. The molecule has 0 fully saturated rings. The molecule has 1 aromatic carbocycles. The van der Waals surface area contributed by atoms with E-state index < -0.39 is 35.6 Å². The molecular formula is C7H8Na2O8S2. The molecule has 12 heteroatoms. The number of aldehydes is 1. The van der Waals surface area contributed by atoms with Gasteiger partial charge < -0.3 is 5.48 Å². The van der Waals surface area contributed by atoms with E-state index in [1.165, 1.54) is 0 Å². The Morgan fingerprint density at radius 3 is 1.74 bits per heavy atom. The molecule has 8 nitrogen and oxygen atoms in total. The molecule has 0 unspecified atom stereocenters. The number of benzene rings is 1. The fraction of sp³-hybridized carbons (Fsp3) is 0. The van der Waals surface area contributed by atoms with Crippen LogP contribution in [0.25, 0.3) is 0 Å². The molecule has 0 atom stereocenters. The SMILES string of the molecule is O.O=Cc1ccc(S(=O)(=O)O)cc1S(=O)(=O)O.[Na].[Na]. The molecule has 0 heterocycles. The van der Waals surface area contributed by atoms with Crippen molar-refractivity contribution in [1.29, 1.82) is 0 Å². The van der Waals surface area contributed by atoms with E-state index in [4.69, 9.17) is 9.11 Å². The van der Waals surface area contributed by atoms with E-state index in [1.54, 1.807) is 0 Å². The number of carbonyl (C=O) groups is 1. The molecule has 4 N–H and O–H groups in total. The maximum Gasteiger partial charge on any atom is 0.295 e. The van der Waals surface area contributed by atoms with Gasteiger partial charge in [0.05, 0.1) is 4.90 Å². The van der Waals surface area contributed by atoms with Crippen LogP contribution in [0.5, 0.6) is 0 Å². The van der Waals surface area contributed by atoms with Gasteiger partial charge in [0.25, 0.3) is 20.2 Å². The van der Waals surface area contributed by atoms with Gasteiger partial charge in [-0.05, 0) is 18.2 Å². The number of hydrogen-bond donors (Lipinski definition) is 2. The van der Waals surface area contributed by atoms with E-state index >= 15 is 0 Å². The van der Waals surface area contributed by atoms with Crippen LogP contribution in [0.15, 0.2) is 28.0 Å². The van der Waals surface area contributed by atoms with Crippen molar-refractivity contribution < 1.29 is 36.2 Å². The van der Waals surface area contributed by atoms with Gasteiger partial charge in [0.15, 0.2) is 6.29 Å². The van der Waals surface area contributed by atoms with Crippen molar-refractivity contribution in [3.63, 3.8) is 0 Å². The zero-order valence-corrected chi connectivity index (χ0v) is 15.7. The second-order valence-electron chi connectivity index (χ2n) is 2.77. The first-order chi connectivity index (χ1) is 7.16. The van der Waals surface area contributed by atoms with E-state index in [0.29, 0.717) is 6.07 Å². The molecule has 0 aliphatic rings. The van der Waals surface area contributed by atoms with Crippen molar-refractivity contribution in [3.8, 4) is 0 Å². The molecule has 0 aliphatic heterocycles. The third-order valence-corrected chi connectivity index (χ3v) is 3.45. The molecule has 98 valence electrons. The average molecular weight is 330 g/mol. The van der Waals surface area contributed by atoms with Gasteiger partial charge in [-0.3, -0.25) is 13.9 Å². The van der Waals surface area contributed by atoms with Crippen LogP contribution < -0.4 is 0 Å². The van der Waals surface area contributed by atoms with Gasteiger partial charge in [0.1, 0.15) is 4.90 Å². The van der Waals surface area contributed by atoms with E-state index in [2.05, 4.69) is 0 Å². The Labute approximate surface area is 154 Å². The minimum Gasteiger partial charge on any atom is -0.412 e. The summed E-state index contributed by atoms with van der Waals surface area (Å²) in [7, 11) is -9.34. The van der Waals surface area contributed by atoms with Crippen LogP contribution in [0.1, 0.15) is 10.4 Å². The van der Waals surface area contributed by atoms with Crippen LogP contribution >= 0.6 is 0 Å². The molecule has 1 aromatic rings. The molecule has 0 saturated carbocycles. The Morgan fingerprint density at radius 2 is 1.42 bits per heavy atom. The van der Waals surface area contributed by atoms with E-state index in [1.807, 2.05) is 0 Å². The maximum atomic E-state index is 10.8. The standard InChI is InChI=1S/C7H6O7S2.2Na.H2O/c8-4-5-1-2-6(15(9,10)11)3-7(5)16(12,13)14;;;/h1-4H,(H,9,10,11)(H,12,13,14);;;1H2. The molecule has 0 bridgehead atoms. The summed E-state index contributed by atoms with van der Waals surface area (Å²) in [6, 6.07) is 2.20. The van der Waals surface area contributed by atoms with Crippen molar-refractivity contribution in [2.75, 3.05) is 0 Å². The topological polar surface area (TPSA) is 157 Å². The first-order valence-electron chi connectivity index (χ1n) is 3.70. The Balaban J connectivity index is -0.000000853. The Kier molecular flexibility index (Phi) is 11.5. The fourth-order valence-electron chi connectivity index (χ4n) is 0.996. The van der Waals surface area contributed by atoms with Gasteiger partial charge in [-0.25, -0.2) is 0 Å². The summed E-state index contributed by atoms with van der Waals surface area (Å²) in [5.41, 5.74) is -0.407. The zero-order chi connectivity index (χ0) is 12.6. The molecule has 0 aromatic heterocycles. The van der Waals surface area contributed by atoms with Gasteiger partial charge in [-0.1, -0.05) is 0 Å². The monoisotopic (exact) mass is 330 g/mol. The number of carbonyl (C=O) groups excluding carboxylic acids is 1. The summed E-state index contributed by atoms with van der Waals surface area (Å²) in [5, 5.41) is 0. The Morgan fingerprint density at radius 1 is 0.947 bits per heavy atom. The zero-order valence-electron chi connectivity index (χ0n) is 10.1. The molecular weight excluding hydrogens is 322 g/mol. The van der Waals surface area contributed by atoms with Crippen LogP contribution in [-0.2, 0) is 20.2 Å². The van der Waals surface area contributed by atoms with Gasteiger partial charge in [0.2, 0.25) is 0 Å². The first kappa shape index (κ1) is 24.7. The van der Waals surface area contributed by atoms with Crippen molar-refractivity contribution in [2.45, 2.75) is 9.79 Å². The van der Waals surface area contributed by atoms with Gasteiger partial charge in [0, 0.05) is 64.7 Å². The minimum atomic E-state index is -4.74. The van der Waals surface area contributed by atoms with Crippen LogP contribution in [0, 0.1) is 0 Å². The van der Waals surface area contributed by atoms with Gasteiger partial charge in [-0.2, -0.15) is 16.8 Å². The second-order valence-corrected chi connectivity index (χ2v) is 5.58. The predicted molar refractivity (Wildman–Crippen MR) is 66.6 cm³/mol. The predicted octanol–water partition coefficient (Wildman–Crippen LogP) is -1.59. The van der Waals surface area contributed by atoms with E-state index in [-0.39, 0.29) is 70.9 Å². The van der Waals surface area contributed by atoms with Crippen LogP contribution in [0.3, 0.4) is 0 Å². The summed E-state index contributed by atoms with van der Waals surface area (Å²) < 4.78 is 60.4. The average Bonchev–Trinajstić information content (AvgIpc) is 2.14. The van der Waals surface area contributed by atoms with Crippen molar-refractivity contribution in [3.05, 3.63) is 23.8 Å². The molecule has 0 saturated heterocycles. The summed E-state index contributed by atoms with van der Waals surface area (Å²) >= 11 is 0. The summed E-state index contributed by atoms with van der Waals surface area (Å²) in [4.78, 5) is 8.84. The van der Waals surface area contributed by atoms with Crippen molar-refractivity contribution in [2.24, 2.45) is 0 Å².